The van der Waals surface area contributed by atoms with Gasteiger partial charge >= 0.3 is 10.5 Å². The van der Waals surface area contributed by atoms with E-state index in [1.807, 2.05) is 0 Å². The monoisotopic (exact) mass is 253 g/mol. The number of pyridine rings is 1. The maximum absolute atomic E-state index is 12.3. The van der Waals surface area contributed by atoms with Crippen LogP contribution in [-0.4, -0.2) is 13.4 Å². The topological polar surface area (TPSA) is 56.3 Å². The second kappa shape index (κ2) is 4.50. The summed E-state index contributed by atoms with van der Waals surface area (Å²) in [5.41, 5.74) is 1.55. The highest BCUT2D eigenvalue weighted by atomic mass is 32.3. The average Bonchev–Trinajstić information content (AvgIpc) is 2.28. The van der Waals surface area contributed by atoms with Crippen molar-refractivity contribution in [2.24, 2.45) is 0 Å². The maximum atomic E-state index is 12.3. The molecule has 2 aromatic rings. The Morgan fingerprint density at radius 2 is 1.76 bits per heavy atom. The molecule has 6 heteroatoms. The molecule has 1 aromatic heterocycles. The Balaban J connectivity index is 2.36. The fourth-order valence-electron chi connectivity index (χ4n) is 1.39. The first-order chi connectivity index (χ1) is 8.04. The molecule has 0 radical (unpaired) electrons. The van der Waals surface area contributed by atoms with Crippen LogP contribution >= 0.6 is 0 Å². The molecule has 0 unspecified atom stereocenters. The summed E-state index contributed by atoms with van der Waals surface area (Å²) in [6.45, 7) is 0. The Hall–Kier alpha value is -1.95. The number of nitrogens with zero attached hydrogens (tertiary/aromatic N) is 1. The first-order valence-electron chi connectivity index (χ1n) is 4.69. The van der Waals surface area contributed by atoms with Gasteiger partial charge in [-0.15, -0.1) is 0 Å². The summed E-state index contributed by atoms with van der Waals surface area (Å²) in [7, 11) is -4.99. The summed E-state index contributed by atoms with van der Waals surface area (Å²) in [6, 6.07) is 9.64. The molecule has 2 rings (SSSR count). The third-order valence-electron chi connectivity index (χ3n) is 2.04. The third-order valence-corrected chi connectivity index (χ3v) is 2.43. The van der Waals surface area contributed by atoms with Crippen LogP contribution in [0.2, 0.25) is 0 Å². The van der Waals surface area contributed by atoms with Crippen molar-refractivity contribution in [1.29, 1.82) is 0 Å². The van der Waals surface area contributed by atoms with Gasteiger partial charge in [-0.2, -0.15) is 8.42 Å². The van der Waals surface area contributed by atoms with Gasteiger partial charge in [-0.25, -0.2) is 0 Å². The van der Waals surface area contributed by atoms with Crippen LogP contribution in [0.5, 0.6) is 5.75 Å². The summed E-state index contributed by atoms with van der Waals surface area (Å²) >= 11 is 0. The molecule has 1 heterocycles. The zero-order valence-corrected chi connectivity index (χ0v) is 9.39. The molecular weight excluding hydrogens is 245 g/mol. The van der Waals surface area contributed by atoms with Crippen molar-refractivity contribution in [3.8, 4) is 16.9 Å². The van der Waals surface area contributed by atoms with Crippen molar-refractivity contribution >= 4 is 10.5 Å². The van der Waals surface area contributed by atoms with Gasteiger partial charge in [-0.3, -0.25) is 4.98 Å². The third kappa shape index (κ3) is 3.25. The minimum Gasteiger partial charge on any atom is -0.358 e. The summed E-state index contributed by atoms with van der Waals surface area (Å²) in [6.07, 6.45) is 3.21. The molecule has 0 atom stereocenters. The van der Waals surface area contributed by atoms with Crippen LogP contribution in [0.4, 0.5) is 3.89 Å². The van der Waals surface area contributed by atoms with E-state index in [1.54, 1.807) is 36.7 Å². The summed E-state index contributed by atoms with van der Waals surface area (Å²) in [5.74, 6) is -0.0678. The van der Waals surface area contributed by atoms with E-state index < -0.39 is 10.5 Å². The lowest BCUT2D eigenvalue weighted by Crippen LogP contribution is -2.00. The zero-order chi connectivity index (χ0) is 12.3. The minimum absolute atomic E-state index is 0.0678. The number of hydrogen-bond acceptors (Lipinski definition) is 4. The van der Waals surface area contributed by atoms with Gasteiger partial charge in [0.05, 0.1) is 0 Å². The Labute approximate surface area is 98.1 Å². The molecule has 1 aromatic carbocycles. The van der Waals surface area contributed by atoms with Crippen molar-refractivity contribution in [2.75, 3.05) is 0 Å². The highest BCUT2D eigenvalue weighted by Crippen LogP contribution is 2.24. The van der Waals surface area contributed by atoms with E-state index in [9.17, 15) is 12.3 Å². The number of benzene rings is 1. The van der Waals surface area contributed by atoms with Gasteiger partial charge in [0.1, 0.15) is 5.75 Å². The molecule has 0 amide bonds. The van der Waals surface area contributed by atoms with Crippen LogP contribution < -0.4 is 4.18 Å². The van der Waals surface area contributed by atoms with Gasteiger partial charge in [-0.1, -0.05) is 16.0 Å². The predicted molar refractivity (Wildman–Crippen MR) is 60.3 cm³/mol. The molecule has 0 spiro atoms. The molecule has 88 valence electrons. The SMILES string of the molecule is O=S(=O)(F)Oc1cccc(-c2ccncc2)c1. The quantitative estimate of drug-likeness (QED) is 0.788. The van der Waals surface area contributed by atoms with Crippen LogP contribution in [0.1, 0.15) is 0 Å². The molecule has 0 saturated carbocycles. The van der Waals surface area contributed by atoms with E-state index in [-0.39, 0.29) is 5.75 Å². The second-order valence-corrected chi connectivity index (χ2v) is 4.19. The molecule has 0 fully saturated rings. The first kappa shape index (κ1) is 11.5. The fourth-order valence-corrected chi connectivity index (χ4v) is 1.72. The van der Waals surface area contributed by atoms with Crippen LogP contribution in [0, 0.1) is 0 Å². The number of halogens is 1. The Morgan fingerprint density at radius 3 is 2.41 bits per heavy atom. The molecule has 4 nitrogen and oxygen atoms in total. The van der Waals surface area contributed by atoms with E-state index in [0.717, 1.165) is 5.56 Å². The zero-order valence-electron chi connectivity index (χ0n) is 8.58. The molecule has 0 aliphatic carbocycles. The Morgan fingerprint density at radius 1 is 1.06 bits per heavy atom. The van der Waals surface area contributed by atoms with Gasteiger partial charge < -0.3 is 4.18 Å². The standard InChI is InChI=1S/C11H8FNO3S/c12-17(14,15)16-11-3-1-2-10(8-11)9-4-6-13-7-5-9/h1-8H. The van der Waals surface area contributed by atoms with Crippen molar-refractivity contribution < 1.29 is 16.5 Å². The van der Waals surface area contributed by atoms with E-state index in [4.69, 9.17) is 0 Å². The van der Waals surface area contributed by atoms with Crippen molar-refractivity contribution in [3.05, 3.63) is 48.8 Å². The van der Waals surface area contributed by atoms with E-state index in [0.29, 0.717) is 5.56 Å². The Bertz CT molecular complexity index is 614. The molecule has 0 saturated heterocycles. The van der Waals surface area contributed by atoms with Crippen LogP contribution in [0.15, 0.2) is 48.8 Å². The second-order valence-electron chi connectivity index (χ2n) is 3.24. The van der Waals surface area contributed by atoms with Gasteiger partial charge in [0.25, 0.3) is 0 Å². The summed E-state index contributed by atoms with van der Waals surface area (Å²) in [4.78, 5) is 3.87. The van der Waals surface area contributed by atoms with Crippen molar-refractivity contribution in [2.45, 2.75) is 0 Å². The minimum atomic E-state index is -4.99. The van der Waals surface area contributed by atoms with E-state index in [2.05, 4.69) is 9.17 Å². The van der Waals surface area contributed by atoms with Gasteiger partial charge in [0.2, 0.25) is 0 Å². The molecular formula is C11H8FNO3S. The van der Waals surface area contributed by atoms with E-state index in [1.165, 1.54) is 12.1 Å². The van der Waals surface area contributed by atoms with Gasteiger partial charge in [0, 0.05) is 12.4 Å². The highest BCUT2D eigenvalue weighted by Gasteiger charge is 2.09. The smallest absolute Gasteiger partial charge is 0.358 e. The molecule has 0 N–H and O–H groups in total. The average molecular weight is 253 g/mol. The Kier molecular flexibility index (Phi) is 3.06. The molecule has 0 aliphatic rings. The maximum Gasteiger partial charge on any atom is 0.488 e. The van der Waals surface area contributed by atoms with Crippen LogP contribution in [0.25, 0.3) is 11.1 Å². The number of aromatic nitrogens is 1. The van der Waals surface area contributed by atoms with Crippen molar-refractivity contribution in [3.63, 3.8) is 0 Å². The lowest BCUT2D eigenvalue weighted by molar-refractivity contribution is 0.440. The predicted octanol–water partition coefficient (Wildman–Crippen LogP) is 2.34. The largest absolute Gasteiger partial charge is 0.488 e. The van der Waals surface area contributed by atoms with Gasteiger partial charge in [-0.05, 0) is 35.4 Å². The van der Waals surface area contributed by atoms with E-state index >= 15 is 0 Å². The highest BCUT2D eigenvalue weighted by molar-refractivity contribution is 7.81. The lowest BCUT2D eigenvalue weighted by Gasteiger charge is -2.04. The van der Waals surface area contributed by atoms with Crippen LogP contribution in [0.3, 0.4) is 0 Å². The number of hydrogen-bond donors (Lipinski definition) is 0. The number of rotatable bonds is 3. The van der Waals surface area contributed by atoms with Gasteiger partial charge in [0.15, 0.2) is 0 Å². The normalized spacial score (nSPS) is 11.1. The van der Waals surface area contributed by atoms with Crippen molar-refractivity contribution in [1.82, 2.24) is 4.98 Å². The lowest BCUT2D eigenvalue weighted by atomic mass is 10.1. The molecule has 17 heavy (non-hydrogen) atoms. The first-order valence-corrected chi connectivity index (χ1v) is 6.00. The van der Waals surface area contributed by atoms with Crippen LogP contribution in [-0.2, 0) is 10.5 Å². The summed E-state index contributed by atoms with van der Waals surface area (Å²) < 4.78 is 37.2. The molecule has 0 bridgehead atoms. The summed E-state index contributed by atoms with van der Waals surface area (Å²) in [5, 5.41) is 0. The molecule has 0 aliphatic heterocycles. The fraction of sp³-hybridized carbons (Fsp3) is 0.